The van der Waals surface area contributed by atoms with Gasteiger partial charge < -0.3 is 14.9 Å². The van der Waals surface area contributed by atoms with Crippen molar-refractivity contribution in [3.8, 4) is 0 Å². The number of halogens is 1. The maximum absolute atomic E-state index is 11.9. The minimum Gasteiger partial charge on any atom is -0.349 e. The second-order valence-corrected chi connectivity index (χ2v) is 10.9. The number of ether oxygens (including phenoxy) is 1. The average Bonchev–Trinajstić information content (AvgIpc) is 3.41. The molecule has 4 aromatic rings. The minimum absolute atomic E-state index is 0.0307. The fourth-order valence-electron chi connectivity index (χ4n) is 4.07. The topological polar surface area (TPSA) is 121 Å². The first-order chi connectivity index (χ1) is 16.9. The van der Waals surface area contributed by atoms with Crippen LogP contribution in [0.5, 0.6) is 0 Å². The van der Waals surface area contributed by atoms with Crippen molar-refractivity contribution < 1.29 is 23.2 Å². The van der Waals surface area contributed by atoms with Gasteiger partial charge in [-0.15, -0.1) is 0 Å². The van der Waals surface area contributed by atoms with Crippen molar-refractivity contribution in [2.24, 2.45) is 0 Å². The quantitative estimate of drug-likeness (QED) is 0.333. The number of rotatable bonds is 5. The monoisotopic (exact) mass is 531 g/mol. The smallest absolute Gasteiger partial charge is 0.349 e. The van der Waals surface area contributed by atoms with Gasteiger partial charge in [-0.2, -0.15) is 0 Å². The van der Waals surface area contributed by atoms with E-state index in [0.717, 1.165) is 10.6 Å². The summed E-state index contributed by atoms with van der Waals surface area (Å²) < 4.78 is 30.2. The van der Waals surface area contributed by atoms with Crippen molar-refractivity contribution in [1.29, 1.82) is 0 Å². The zero-order valence-corrected chi connectivity index (χ0v) is 20.5. The molecule has 6 rings (SSSR count). The summed E-state index contributed by atoms with van der Waals surface area (Å²) in [4.78, 5) is 24.5. The van der Waals surface area contributed by atoms with E-state index in [1.165, 1.54) is 18.1 Å². The van der Waals surface area contributed by atoms with Gasteiger partial charge in [0.1, 0.15) is 24.8 Å². The zero-order chi connectivity index (χ0) is 24.0. The fourth-order valence-corrected chi connectivity index (χ4v) is 6.08. The van der Waals surface area contributed by atoms with E-state index in [2.05, 4.69) is 15.3 Å². The Labute approximate surface area is 209 Å². The first-order valence-electron chi connectivity index (χ1n) is 10.7. The normalized spacial score (nSPS) is 26.1. The number of hydrogen-bond acceptors (Lipinski definition) is 9. The van der Waals surface area contributed by atoms with Gasteiger partial charge in [-0.1, -0.05) is 41.6 Å². The molecule has 2 aromatic carbocycles. The lowest BCUT2D eigenvalue weighted by Crippen LogP contribution is -2.32. The highest BCUT2D eigenvalue weighted by atomic mass is 35.5. The molecule has 0 bridgehead atoms. The lowest BCUT2D eigenvalue weighted by molar-refractivity contribution is -0.0679. The van der Waals surface area contributed by atoms with Crippen LogP contribution >= 0.6 is 31.2 Å². The van der Waals surface area contributed by atoms with E-state index in [1.807, 2.05) is 59.2 Å². The molecule has 180 valence electrons. The van der Waals surface area contributed by atoms with E-state index in [-0.39, 0.29) is 6.61 Å². The van der Waals surface area contributed by atoms with Crippen LogP contribution in [0, 0.1) is 0 Å². The van der Waals surface area contributed by atoms with Gasteiger partial charge >= 0.3 is 7.82 Å². The van der Waals surface area contributed by atoms with E-state index >= 15 is 0 Å². The number of imidazole rings is 1. The van der Waals surface area contributed by atoms with Crippen LogP contribution in [0.4, 0.5) is 11.5 Å². The van der Waals surface area contributed by atoms with E-state index in [9.17, 15) is 9.46 Å². The Kier molecular flexibility index (Phi) is 6.01. The number of aromatic nitrogens is 4. The van der Waals surface area contributed by atoms with Crippen molar-refractivity contribution in [3.05, 3.63) is 65.9 Å². The lowest BCUT2D eigenvalue weighted by Gasteiger charge is -2.26. The van der Waals surface area contributed by atoms with Gasteiger partial charge in [0.25, 0.3) is 0 Å². The highest BCUT2D eigenvalue weighted by Crippen LogP contribution is 2.53. The summed E-state index contributed by atoms with van der Waals surface area (Å²) in [5, 5.41) is 4.56. The molecule has 0 aliphatic carbocycles. The summed E-state index contributed by atoms with van der Waals surface area (Å²) in [6, 6.07) is 17.1. The van der Waals surface area contributed by atoms with E-state index in [0.29, 0.717) is 33.6 Å². The van der Waals surface area contributed by atoms with Crippen LogP contribution in [-0.4, -0.2) is 43.2 Å². The van der Waals surface area contributed by atoms with Gasteiger partial charge in [-0.05, 0) is 36.4 Å². The molecule has 4 heterocycles. The minimum atomic E-state index is -4.08. The molecule has 2 aliphatic rings. The molecule has 0 saturated carbocycles. The van der Waals surface area contributed by atoms with E-state index in [1.54, 1.807) is 0 Å². The number of fused-ring (bicyclic) bond motifs is 2. The molecule has 0 amide bonds. The summed E-state index contributed by atoms with van der Waals surface area (Å²) in [5.41, 5.74) is 1.99. The SMILES string of the molecule is O=P1(O)OC[C@@H]2O[C@@H](n3c(Sc4ccc(Cl)cc4)nc4c(Nc5ccccc5)ncnc43)C[C@H]2O1. The van der Waals surface area contributed by atoms with Gasteiger partial charge in [-0.3, -0.25) is 13.6 Å². The summed E-state index contributed by atoms with van der Waals surface area (Å²) in [6.45, 7) is -0.0307. The summed E-state index contributed by atoms with van der Waals surface area (Å²) >= 11 is 7.48. The molecule has 2 aliphatic heterocycles. The Morgan fingerprint density at radius 3 is 2.71 bits per heavy atom. The molecule has 35 heavy (non-hydrogen) atoms. The number of nitrogens with zero attached hydrogens (tertiary/aromatic N) is 4. The van der Waals surface area contributed by atoms with Crippen LogP contribution in [0.15, 0.2) is 71.0 Å². The van der Waals surface area contributed by atoms with Gasteiger partial charge in [0.2, 0.25) is 0 Å². The van der Waals surface area contributed by atoms with Gasteiger partial charge in [0.15, 0.2) is 22.1 Å². The molecule has 2 fully saturated rings. The van der Waals surface area contributed by atoms with Crippen LogP contribution in [0.2, 0.25) is 5.02 Å². The summed E-state index contributed by atoms with van der Waals surface area (Å²) in [7, 11) is -4.08. The molecule has 13 heteroatoms. The number of hydrogen-bond donors (Lipinski definition) is 2. The molecule has 2 N–H and O–H groups in total. The maximum Gasteiger partial charge on any atom is 0.472 e. The van der Waals surface area contributed by atoms with Crippen LogP contribution in [-0.2, 0) is 18.3 Å². The third-order valence-corrected chi connectivity index (χ3v) is 7.89. The van der Waals surface area contributed by atoms with Gasteiger partial charge in [-0.25, -0.2) is 19.5 Å². The highest BCUT2D eigenvalue weighted by molar-refractivity contribution is 7.99. The number of anilines is 2. The largest absolute Gasteiger partial charge is 0.472 e. The second-order valence-electron chi connectivity index (χ2n) is 7.98. The van der Waals surface area contributed by atoms with Crippen molar-refractivity contribution in [1.82, 2.24) is 19.5 Å². The molecule has 1 unspecified atom stereocenters. The molecule has 0 radical (unpaired) electrons. The second kappa shape index (κ2) is 9.18. The third kappa shape index (κ3) is 4.68. The number of nitrogens with one attached hydrogen (secondary N) is 1. The van der Waals surface area contributed by atoms with Crippen molar-refractivity contribution in [2.45, 2.75) is 34.9 Å². The van der Waals surface area contributed by atoms with Gasteiger partial charge in [0, 0.05) is 22.0 Å². The molecule has 2 saturated heterocycles. The van der Waals surface area contributed by atoms with Crippen LogP contribution < -0.4 is 5.32 Å². The highest BCUT2D eigenvalue weighted by Gasteiger charge is 2.47. The van der Waals surface area contributed by atoms with Gasteiger partial charge in [0.05, 0.1) is 6.61 Å². The third-order valence-electron chi connectivity index (χ3n) is 5.64. The lowest BCUT2D eigenvalue weighted by atomic mass is 10.2. The average molecular weight is 532 g/mol. The predicted octanol–water partition coefficient (Wildman–Crippen LogP) is 5.18. The molecular weight excluding hydrogens is 513 g/mol. The van der Waals surface area contributed by atoms with Crippen molar-refractivity contribution in [3.63, 3.8) is 0 Å². The Bertz CT molecular complexity index is 1420. The number of phosphoric acid groups is 1. The van der Waals surface area contributed by atoms with E-state index in [4.69, 9.17) is 30.4 Å². The summed E-state index contributed by atoms with van der Waals surface area (Å²) in [5.74, 6) is 0.549. The standard InChI is InChI=1S/C22H19ClN5O5PS/c23-13-6-8-15(9-7-13)35-22-27-19-20(26-14-4-2-1-3-5-14)24-12-25-21(19)28(22)18-10-16-17(32-18)11-31-34(29,30)33-16/h1-9,12,16-18H,10-11H2,(H,29,30)(H,24,25,26)/t16-,17+,18-/m1/s1. The Balaban J connectivity index is 1.42. The molecular formula is C22H19ClN5O5PS. The van der Waals surface area contributed by atoms with Crippen LogP contribution in [0.3, 0.4) is 0 Å². The van der Waals surface area contributed by atoms with E-state index < -0.39 is 26.3 Å². The van der Waals surface area contributed by atoms with Crippen molar-refractivity contribution >= 4 is 53.9 Å². The Morgan fingerprint density at radius 1 is 1.11 bits per heavy atom. The molecule has 4 atom stereocenters. The number of para-hydroxylation sites is 1. The molecule has 2 aromatic heterocycles. The first-order valence-corrected chi connectivity index (χ1v) is 13.4. The van der Waals surface area contributed by atoms with Crippen LogP contribution in [0.25, 0.3) is 11.2 Å². The first kappa shape index (κ1) is 22.9. The summed E-state index contributed by atoms with van der Waals surface area (Å²) in [6.07, 6.45) is 0.198. The van der Waals surface area contributed by atoms with Crippen LogP contribution in [0.1, 0.15) is 12.6 Å². The van der Waals surface area contributed by atoms with Crippen molar-refractivity contribution in [2.75, 3.05) is 11.9 Å². The fraction of sp³-hybridized carbons (Fsp3) is 0.227. The number of benzene rings is 2. The number of phosphoric ester groups is 1. The Hall–Kier alpha value is -2.50. The Morgan fingerprint density at radius 2 is 1.91 bits per heavy atom. The molecule has 10 nitrogen and oxygen atoms in total. The maximum atomic E-state index is 11.9. The molecule has 0 spiro atoms. The zero-order valence-electron chi connectivity index (χ0n) is 18.0. The predicted molar refractivity (Wildman–Crippen MR) is 130 cm³/mol.